The summed E-state index contributed by atoms with van der Waals surface area (Å²) in [5, 5.41) is 4.23. The number of hydrogen-bond acceptors (Lipinski definition) is 4. The molecule has 1 saturated heterocycles. The number of aryl methyl sites for hydroxylation is 1. The highest BCUT2D eigenvalue weighted by molar-refractivity contribution is 6.33. The van der Waals surface area contributed by atoms with E-state index in [0.29, 0.717) is 13.2 Å². The fourth-order valence-corrected chi connectivity index (χ4v) is 3.93. The van der Waals surface area contributed by atoms with E-state index in [4.69, 9.17) is 21.1 Å². The summed E-state index contributed by atoms with van der Waals surface area (Å²) in [6.45, 7) is 6.55. The fourth-order valence-electron chi connectivity index (χ4n) is 3.63. The lowest BCUT2D eigenvalue weighted by atomic mass is 10.1. The van der Waals surface area contributed by atoms with Gasteiger partial charge < -0.3 is 19.7 Å². The molecule has 0 saturated carbocycles. The molecule has 0 unspecified atom stereocenters. The fraction of sp³-hybridized carbons (Fsp3) is 0.280. The third kappa shape index (κ3) is 5.26. The highest BCUT2D eigenvalue weighted by Crippen LogP contribution is 2.30. The first-order valence-electron chi connectivity index (χ1n) is 10.3. The Morgan fingerprint density at radius 2 is 1.83 bits per heavy atom. The molecule has 156 valence electrons. The molecule has 0 amide bonds. The molecule has 0 spiro atoms. The summed E-state index contributed by atoms with van der Waals surface area (Å²) in [4.78, 5) is 2.27. The standard InChI is InChI=1S/C25H27ClN2O2/c1-19-5-4-6-20(15-19)18-30-25-8-3-2-7-21(25)17-27-22-9-10-24(23(26)16-22)28-11-13-29-14-12-28/h2-10,15-16,27H,11-14,17-18H2,1H3. The molecule has 0 atom stereocenters. The van der Waals surface area contributed by atoms with Crippen molar-refractivity contribution in [3.63, 3.8) is 0 Å². The lowest BCUT2D eigenvalue weighted by Crippen LogP contribution is -2.36. The SMILES string of the molecule is Cc1cccc(COc2ccccc2CNc2ccc(N3CCOCC3)c(Cl)c2)c1. The smallest absolute Gasteiger partial charge is 0.124 e. The number of ether oxygens (including phenoxy) is 2. The van der Waals surface area contributed by atoms with Crippen LogP contribution >= 0.6 is 11.6 Å². The summed E-state index contributed by atoms with van der Waals surface area (Å²) in [6, 6.07) is 22.7. The van der Waals surface area contributed by atoms with Gasteiger partial charge in [0.2, 0.25) is 0 Å². The Hall–Kier alpha value is -2.69. The minimum atomic E-state index is 0.554. The highest BCUT2D eigenvalue weighted by Gasteiger charge is 2.14. The van der Waals surface area contributed by atoms with Gasteiger partial charge in [0.05, 0.1) is 23.9 Å². The number of morpholine rings is 1. The predicted molar refractivity (Wildman–Crippen MR) is 124 cm³/mol. The molecule has 1 aliphatic rings. The van der Waals surface area contributed by atoms with Gasteiger partial charge in [-0.1, -0.05) is 59.6 Å². The van der Waals surface area contributed by atoms with Crippen molar-refractivity contribution in [2.75, 3.05) is 36.5 Å². The van der Waals surface area contributed by atoms with E-state index in [2.05, 4.69) is 59.6 Å². The molecule has 0 aliphatic carbocycles. The van der Waals surface area contributed by atoms with Crippen molar-refractivity contribution in [1.29, 1.82) is 0 Å². The average molecular weight is 423 g/mol. The number of halogens is 1. The van der Waals surface area contributed by atoms with E-state index < -0.39 is 0 Å². The summed E-state index contributed by atoms with van der Waals surface area (Å²) in [7, 11) is 0. The molecule has 3 aromatic carbocycles. The van der Waals surface area contributed by atoms with Crippen LogP contribution in [0.15, 0.2) is 66.7 Å². The third-order valence-electron chi connectivity index (χ3n) is 5.23. The van der Waals surface area contributed by atoms with Crippen LogP contribution in [0.2, 0.25) is 5.02 Å². The molecule has 1 N–H and O–H groups in total. The zero-order chi connectivity index (χ0) is 20.8. The lowest BCUT2D eigenvalue weighted by molar-refractivity contribution is 0.122. The highest BCUT2D eigenvalue weighted by atomic mass is 35.5. The van der Waals surface area contributed by atoms with Gasteiger partial charge in [-0.15, -0.1) is 0 Å². The second kappa shape index (κ2) is 9.88. The van der Waals surface area contributed by atoms with Crippen LogP contribution in [0.25, 0.3) is 0 Å². The van der Waals surface area contributed by atoms with Crippen molar-refractivity contribution in [3.05, 3.63) is 88.4 Å². The van der Waals surface area contributed by atoms with Crippen molar-refractivity contribution < 1.29 is 9.47 Å². The van der Waals surface area contributed by atoms with Crippen LogP contribution in [0.5, 0.6) is 5.75 Å². The minimum Gasteiger partial charge on any atom is -0.489 e. The van der Waals surface area contributed by atoms with E-state index in [-0.39, 0.29) is 0 Å². The third-order valence-corrected chi connectivity index (χ3v) is 5.53. The number of nitrogens with zero attached hydrogens (tertiary/aromatic N) is 1. The number of rotatable bonds is 7. The zero-order valence-corrected chi connectivity index (χ0v) is 18.0. The maximum atomic E-state index is 6.56. The molecule has 1 aliphatic heterocycles. The second-order valence-corrected chi connectivity index (χ2v) is 7.91. The van der Waals surface area contributed by atoms with Gasteiger partial charge in [0.25, 0.3) is 0 Å². The van der Waals surface area contributed by atoms with Crippen molar-refractivity contribution in [1.82, 2.24) is 0 Å². The molecule has 1 heterocycles. The van der Waals surface area contributed by atoms with Gasteiger partial charge in [0.15, 0.2) is 0 Å². The maximum Gasteiger partial charge on any atom is 0.124 e. The van der Waals surface area contributed by atoms with Gasteiger partial charge in [-0.3, -0.25) is 0 Å². The summed E-state index contributed by atoms with van der Waals surface area (Å²) < 4.78 is 11.5. The van der Waals surface area contributed by atoms with E-state index >= 15 is 0 Å². The molecule has 30 heavy (non-hydrogen) atoms. The summed E-state index contributed by atoms with van der Waals surface area (Å²) in [6.07, 6.45) is 0. The monoisotopic (exact) mass is 422 g/mol. The van der Waals surface area contributed by atoms with Crippen molar-refractivity contribution in [3.8, 4) is 5.75 Å². The minimum absolute atomic E-state index is 0.554. The van der Waals surface area contributed by atoms with Crippen LogP contribution < -0.4 is 15.0 Å². The van der Waals surface area contributed by atoms with E-state index in [1.807, 2.05) is 24.3 Å². The average Bonchev–Trinajstić information content (AvgIpc) is 2.77. The van der Waals surface area contributed by atoms with Crippen LogP contribution in [-0.4, -0.2) is 26.3 Å². The Labute approximate surface area is 183 Å². The molecular formula is C25H27ClN2O2. The molecule has 0 aromatic heterocycles. The van der Waals surface area contributed by atoms with Crippen LogP contribution in [0.1, 0.15) is 16.7 Å². The Morgan fingerprint density at radius 3 is 2.63 bits per heavy atom. The first kappa shape index (κ1) is 20.6. The van der Waals surface area contributed by atoms with Gasteiger partial charge in [0.1, 0.15) is 12.4 Å². The predicted octanol–water partition coefficient (Wildman–Crippen LogP) is 5.68. The van der Waals surface area contributed by atoms with Crippen molar-refractivity contribution in [2.45, 2.75) is 20.1 Å². The van der Waals surface area contributed by atoms with Gasteiger partial charge in [-0.2, -0.15) is 0 Å². The molecule has 4 nitrogen and oxygen atoms in total. The molecule has 0 bridgehead atoms. The largest absolute Gasteiger partial charge is 0.489 e. The van der Waals surface area contributed by atoms with E-state index in [1.165, 1.54) is 11.1 Å². The molecular weight excluding hydrogens is 396 g/mol. The van der Waals surface area contributed by atoms with E-state index in [1.54, 1.807) is 0 Å². The Balaban J connectivity index is 1.39. The maximum absolute atomic E-state index is 6.56. The Bertz CT molecular complexity index is 986. The van der Waals surface area contributed by atoms with Gasteiger partial charge in [-0.25, -0.2) is 0 Å². The van der Waals surface area contributed by atoms with Crippen molar-refractivity contribution >= 4 is 23.0 Å². The summed E-state index contributed by atoms with van der Waals surface area (Å²) in [5.41, 5.74) is 5.57. The van der Waals surface area contributed by atoms with Gasteiger partial charge in [0, 0.05) is 30.9 Å². The first-order chi connectivity index (χ1) is 14.7. The number of benzene rings is 3. The quantitative estimate of drug-likeness (QED) is 0.531. The first-order valence-corrected chi connectivity index (χ1v) is 10.7. The summed E-state index contributed by atoms with van der Waals surface area (Å²) in [5.74, 6) is 0.891. The number of hydrogen-bond donors (Lipinski definition) is 1. The Kier molecular flexibility index (Phi) is 6.77. The van der Waals surface area contributed by atoms with E-state index in [0.717, 1.165) is 54.0 Å². The van der Waals surface area contributed by atoms with Crippen LogP contribution in [0, 0.1) is 6.92 Å². The zero-order valence-electron chi connectivity index (χ0n) is 17.2. The number of para-hydroxylation sites is 1. The molecule has 3 aromatic rings. The van der Waals surface area contributed by atoms with Crippen LogP contribution in [0.4, 0.5) is 11.4 Å². The Morgan fingerprint density at radius 1 is 1.00 bits per heavy atom. The number of nitrogens with one attached hydrogen (secondary N) is 1. The second-order valence-electron chi connectivity index (χ2n) is 7.50. The van der Waals surface area contributed by atoms with Gasteiger partial charge in [-0.05, 0) is 36.8 Å². The van der Waals surface area contributed by atoms with Crippen LogP contribution in [-0.2, 0) is 17.9 Å². The van der Waals surface area contributed by atoms with E-state index in [9.17, 15) is 0 Å². The summed E-state index contributed by atoms with van der Waals surface area (Å²) >= 11 is 6.56. The lowest BCUT2D eigenvalue weighted by Gasteiger charge is -2.29. The van der Waals surface area contributed by atoms with Crippen LogP contribution in [0.3, 0.4) is 0 Å². The topological polar surface area (TPSA) is 33.7 Å². The number of anilines is 2. The molecule has 1 fully saturated rings. The molecule has 4 rings (SSSR count). The molecule has 5 heteroatoms. The normalized spacial score (nSPS) is 13.9. The van der Waals surface area contributed by atoms with Gasteiger partial charge >= 0.3 is 0 Å². The van der Waals surface area contributed by atoms with Crippen molar-refractivity contribution in [2.24, 2.45) is 0 Å². The molecule has 0 radical (unpaired) electrons.